The molecule has 0 bridgehead atoms. The van der Waals surface area contributed by atoms with E-state index < -0.39 is 11.9 Å². The maximum atomic E-state index is 11.9. The highest BCUT2D eigenvalue weighted by Gasteiger charge is 2.36. The second kappa shape index (κ2) is 8.46. The SMILES string of the molecule is COCCNC(=O)CCNC(=O)N1C[C@@H](C)[C@H](C(=O)O)C1. The van der Waals surface area contributed by atoms with Crippen LogP contribution < -0.4 is 10.6 Å². The zero-order valence-electron chi connectivity index (χ0n) is 12.4. The molecule has 1 rings (SSSR count). The van der Waals surface area contributed by atoms with E-state index in [2.05, 4.69) is 10.6 Å². The summed E-state index contributed by atoms with van der Waals surface area (Å²) in [6, 6.07) is -0.324. The van der Waals surface area contributed by atoms with Crippen LogP contribution in [0.25, 0.3) is 0 Å². The van der Waals surface area contributed by atoms with Crippen LogP contribution in [-0.2, 0) is 14.3 Å². The van der Waals surface area contributed by atoms with Gasteiger partial charge in [-0.2, -0.15) is 0 Å². The largest absolute Gasteiger partial charge is 0.481 e. The van der Waals surface area contributed by atoms with Crippen LogP contribution in [0.4, 0.5) is 4.79 Å². The van der Waals surface area contributed by atoms with Crippen LogP contribution in [0.1, 0.15) is 13.3 Å². The predicted octanol–water partition coefficient (Wildman–Crippen LogP) is -0.499. The number of nitrogens with one attached hydrogen (secondary N) is 2. The highest BCUT2D eigenvalue weighted by molar-refractivity contribution is 5.79. The summed E-state index contributed by atoms with van der Waals surface area (Å²) in [5.74, 6) is -1.63. The summed E-state index contributed by atoms with van der Waals surface area (Å²) in [5, 5.41) is 14.3. The molecule has 3 amide bonds. The van der Waals surface area contributed by atoms with Crippen molar-refractivity contribution in [2.75, 3.05) is 39.9 Å². The molecule has 2 atom stereocenters. The van der Waals surface area contributed by atoms with Crippen LogP contribution in [0.2, 0.25) is 0 Å². The first-order chi connectivity index (χ1) is 9.95. The molecule has 1 fully saturated rings. The lowest BCUT2D eigenvalue weighted by atomic mass is 9.99. The quantitative estimate of drug-likeness (QED) is 0.549. The Morgan fingerprint density at radius 2 is 1.95 bits per heavy atom. The Bertz CT molecular complexity index is 388. The lowest BCUT2D eigenvalue weighted by Crippen LogP contribution is -2.40. The summed E-state index contributed by atoms with van der Waals surface area (Å²) in [6.45, 7) is 3.55. The number of aliphatic carboxylic acids is 1. The zero-order chi connectivity index (χ0) is 15.8. The van der Waals surface area contributed by atoms with Gasteiger partial charge in [-0.05, 0) is 5.92 Å². The first-order valence-corrected chi connectivity index (χ1v) is 6.97. The fraction of sp³-hybridized carbons (Fsp3) is 0.769. The zero-order valence-corrected chi connectivity index (χ0v) is 12.4. The number of carboxylic acid groups (broad SMARTS) is 1. The molecule has 0 aromatic carbocycles. The fourth-order valence-corrected chi connectivity index (χ4v) is 2.23. The van der Waals surface area contributed by atoms with Crippen LogP contribution in [0.3, 0.4) is 0 Å². The van der Waals surface area contributed by atoms with Crippen LogP contribution in [0.15, 0.2) is 0 Å². The Balaban J connectivity index is 2.23. The van der Waals surface area contributed by atoms with Crippen LogP contribution in [0.5, 0.6) is 0 Å². The molecular formula is C13H23N3O5. The van der Waals surface area contributed by atoms with Gasteiger partial charge in [0.15, 0.2) is 0 Å². The molecule has 0 unspecified atom stereocenters. The van der Waals surface area contributed by atoms with Gasteiger partial charge in [-0.1, -0.05) is 6.92 Å². The minimum Gasteiger partial charge on any atom is -0.481 e. The molecule has 0 radical (unpaired) electrons. The van der Waals surface area contributed by atoms with Crippen molar-refractivity contribution in [1.82, 2.24) is 15.5 Å². The molecule has 0 spiro atoms. The topological polar surface area (TPSA) is 108 Å². The molecule has 21 heavy (non-hydrogen) atoms. The molecule has 0 aromatic rings. The van der Waals surface area contributed by atoms with E-state index in [4.69, 9.17) is 9.84 Å². The Hall–Kier alpha value is -1.83. The van der Waals surface area contributed by atoms with Gasteiger partial charge in [-0.15, -0.1) is 0 Å². The first-order valence-electron chi connectivity index (χ1n) is 6.97. The number of carbonyl (C=O) groups excluding carboxylic acids is 2. The van der Waals surface area contributed by atoms with Crippen LogP contribution in [-0.4, -0.2) is 67.8 Å². The van der Waals surface area contributed by atoms with Crippen molar-refractivity contribution in [3.05, 3.63) is 0 Å². The van der Waals surface area contributed by atoms with Crippen molar-refractivity contribution in [2.24, 2.45) is 11.8 Å². The molecule has 1 saturated heterocycles. The molecule has 0 saturated carbocycles. The van der Waals surface area contributed by atoms with E-state index >= 15 is 0 Å². The third-order valence-electron chi connectivity index (χ3n) is 3.47. The molecule has 8 nitrogen and oxygen atoms in total. The minimum atomic E-state index is -0.879. The van der Waals surface area contributed by atoms with E-state index in [0.29, 0.717) is 19.7 Å². The Labute approximate surface area is 123 Å². The number of amides is 3. The van der Waals surface area contributed by atoms with E-state index in [1.54, 1.807) is 7.11 Å². The van der Waals surface area contributed by atoms with Gasteiger partial charge in [0.2, 0.25) is 5.91 Å². The van der Waals surface area contributed by atoms with Gasteiger partial charge in [0.1, 0.15) is 0 Å². The number of nitrogens with zero attached hydrogens (tertiary/aromatic N) is 1. The number of carbonyl (C=O) groups is 3. The fourth-order valence-electron chi connectivity index (χ4n) is 2.23. The maximum Gasteiger partial charge on any atom is 0.317 e. The molecule has 120 valence electrons. The molecule has 1 aliphatic rings. The molecule has 8 heteroatoms. The first kappa shape index (κ1) is 17.2. The summed E-state index contributed by atoms with van der Waals surface area (Å²) in [4.78, 5) is 35.7. The monoisotopic (exact) mass is 301 g/mol. The van der Waals surface area contributed by atoms with Crippen LogP contribution >= 0.6 is 0 Å². The lowest BCUT2D eigenvalue weighted by Gasteiger charge is -2.16. The van der Waals surface area contributed by atoms with Crippen molar-refractivity contribution in [3.8, 4) is 0 Å². The molecular weight excluding hydrogens is 278 g/mol. The van der Waals surface area contributed by atoms with Crippen LogP contribution in [0, 0.1) is 11.8 Å². The average Bonchev–Trinajstić information content (AvgIpc) is 2.81. The van der Waals surface area contributed by atoms with Gasteiger partial charge in [-0.25, -0.2) is 4.79 Å². The highest BCUT2D eigenvalue weighted by atomic mass is 16.5. The van der Waals surface area contributed by atoms with Gasteiger partial charge < -0.3 is 25.4 Å². The van der Waals surface area contributed by atoms with Gasteiger partial charge in [0.05, 0.1) is 12.5 Å². The highest BCUT2D eigenvalue weighted by Crippen LogP contribution is 2.22. The van der Waals surface area contributed by atoms with E-state index in [1.165, 1.54) is 4.90 Å². The van der Waals surface area contributed by atoms with Crippen molar-refractivity contribution >= 4 is 17.9 Å². The van der Waals surface area contributed by atoms with Crippen molar-refractivity contribution < 1.29 is 24.2 Å². The van der Waals surface area contributed by atoms with Gasteiger partial charge in [0, 0.05) is 39.7 Å². The van der Waals surface area contributed by atoms with E-state index in [9.17, 15) is 14.4 Å². The Morgan fingerprint density at radius 3 is 2.52 bits per heavy atom. The number of carboxylic acids is 1. The summed E-state index contributed by atoms with van der Waals surface area (Å²) in [7, 11) is 1.55. The molecule has 0 aromatic heterocycles. The number of urea groups is 1. The molecule has 3 N–H and O–H groups in total. The minimum absolute atomic E-state index is 0.0643. The number of rotatable bonds is 7. The molecule has 0 aliphatic carbocycles. The summed E-state index contributed by atoms with van der Waals surface area (Å²) in [5.41, 5.74) is 0. The number of ether oxygens (including phenoxy) is 1. The third-order valence-corrected chi connectivity index (χ3v) is 3.47. The maximum absolute atomic E-state index is 11.9. The third kappa shape index (κ3) is 5.58. The van der Waals surface area contributed by atoms with Crippen molar-refractivity contribution in [2.45, 2.75) is 13.3 Å². The number of likely N-dealkylation sites (tertiary alicyclic amines) is 1. The number of hydrogen-bond donors (Lipinski definition) is 3. The van der Waals surface area contributed by atoms with Gasteiger partial charge in [0.25, 0.3) is 0 Å². The summed E-state index contributed by atoms with van der Waals surface area (Å²) >= 11 is 0. The smallest absolute Gasteiger partial charge is 0.317 e. The van der Waals surface area contributed by atoms with E-state index in [0.717, 1.165) is 0 Å². The van der Waals surface area contributed by atoms with Crippen molar-refractivity contribution in [3.63, 3.8) is 0 Å². The Kier molecular flexibility index (Phi) is 6.93. The standard InChI is InChI=1S/C13H23N3O5/c1-9-7-16(8-10(9)12(18)19)13(20)15-4-3-11(17)14-5-6-21-2/h9-10H,3-8H2,1-2H3,(H,14,17)(H,15,20)(H,18,19)/t9-,10-/m1/s1. The van der Waals surface area contributed by atoms with Gasteiger partial charge in [-0.3, -0.25) is 9.59 Å². The number of hydrogen-bond acceptors (Lipinski definition) is 4. The van der Waals surface area contributed by atoms with Crippen molar-refractivity contribution in [1.29, 1.82) is 0 Å². The van der Waals surface area contributed by atoms with E-state index in [1.807, 2.05) is 6.92 Å². The second-order valence-electron chi connectivity index (χ2n) is 5.15. The lowest BCUT2D eigenvalue weighted by molar-refractivity contribution is -0.142. The predicted molar refractivity (Wildman–Crippen MR) is 74.8 cm³/mol. The Morgan fingerprint density at radius 1 is 1.24 bits per heavy atom. The van der Waals surface area contributed by atoms with Gasteiger partial charge >= 0.3 is 12.0 Å². The average molecular weight is 301 g/mol. The second-order valence-corrected chi connectivity index (χ2v) is 5.15. The molecule has 1 heterocycles. The normalized spacial score (nSPS) is 21.1. The van der Waals surface area contributed by atoms with E-state index in [-0.39, 0.29) is 37.4 Å². The number of methoxy groups -OCH3 is 1. The summed E-state index contributed by atoms with van der Waals surface area (Å²) < 4.78 is 4.80. The molecule has 1 aliphatic heterocycles. The summed E-state index contributed by atoms with van der Waals surface area (Å²) in [6.07, 6.45) is 0.182.